The number of hydrogen-bond donors (Lipinski definition) is 1. The summed E-state index contributed by atoms with van der Waals surface area (Å²) >= 11 is 0. The van der Waals surface area contributed by atoms with E-state index in [9.17, 15) is 0 Å². The van der Waals surface area contributed by atoms with Gasteiger partial charge >= 0.3 is 0 Å². The van der Waals surface area contributed by atoms with E-state index in [0.717, 1.165) is 24.2 Å². The van der Waals surface area contributed by atoms with Crippen LogP contribution in [0.5, 0.6) is 0 Å². The zero-order valence-corrected chi connectivity index (χ0v) is 13.3. The predicted octanol–water partition coefficient (Wildman–Crippen LogP) is 4.06. The van der Waals surface area contributed by atoms with Gasteiger partial charge < -0.3 is 5.32 Å². The monoisotopic (exact) mass is 274 g/mol. The molecule has 0 aromatic carbocycles. The van der Waals surface area contributed by atoms with E-state index in [2.05, 4.69) is 43.2 Å². The number of rotatable bonds is 6. The van der Waals surface area contributed by atoms with Gasteiger partial charge in [0.05, 0.1) is 0 Å². The summed E-state index contributed by atoms with van der Waals surface area (Å²) in [5, 5.41) is 3.64. The van der Waals surface area contributed by atoms with Crippen LogP contribution in [-0.4, -0.2) is 17.6 Å². The van der Waals surface area contributed by atoms with Gasteiger partial charge in [0.15, 0.2) is 0 Å². The third-order valence-electron chi connectivity index (χ3n) is 4.81. The van der Waals surface area contributed by atoms with E-state index in [0.29, 0.717) is 6.04 Å². The van der Waals surface area contributed by atoms with E-state index in [1.165, 1.54) is 37.9 Å². The molecule has 3 unspecified atom stereocenters. The van der Waals surface area contributed by atoms with Gasteiger partial charge in [-0.1, -0.05) is 39.7 Å². The highest BCUT2D eigenvalue weighted by atomic mass is 14.9. The lowest BCUT2D eigenvalue weighted by Crippen LogP contribution is -2.36. The third-order valence-corrected chi connectivity index (χ3v) is 4.81. The van der Waals surface area contributed by atoms with Crippen LogP contribution >= 0.6 is 0 Å². The Kier molecular flexibility index (Phi) is 6.03. The van der Waals surface area contributed by atoms with Gasteiger partial charge in [-0.3, -0.25) is 4.98 Å². The molecule has 2 heteroatoms. The van der Waals surface area contributed by atoms with Crippen LogP contribution in [0.3, 0.4) is 0 Å². The molecule has 2 rings (SSSR count). The van der Waals surface area contributed by atoms with Crippen LogP contribution in [0, 0.1) is 17.8 Å². The zero-order chi connectivity index (χ0) is 14.4. The van der Waals surface area contributed by atoms with Crippen molar-refractivity contribution in [1.82, 2.24) is 10.3 Å². The number of nitrogens with one attached hydrogen (secondary N) is 1. The van der Waals surface area contributed by atoms with E-state index < -0.39 is 0 Å². The van der Waals surface area contributed by atoms with Crippen molar-refractivity contribution in [3.8, 4) is 0 Å². The molecule has 1 N–H and O–H groups in total. The van der Waals surface area contributed by atoms with Gasteiger partial charge in [-0.2, -0.15) is 0 Å². The molecule has 0 saturated heterocycles. The summed E-state index contributed by atoms with van der Waals surface area (Å²) in [7, 11) is 0. The molecule has 1 saturated carbocycles. The normalized spacial score (nSPS) is 26.9. The van der Waals surface area contributed by atoms with E-state index in [1.54, 1.807) is 0 Å². The van der Waals surface area contributed by atoms with Crippen LogP contribution in [0.15, 0.2) is 24.4 Å². The topological polar surface area (TPSA) is 24.9 Å². The molecule has 1 aromatic rings. The quantitative estimate of drug-likeness (QED) is 0.846. The number of hydrogen-bond acceptors (Lipinski definition) is 2. The van der Waals surface area contributed by atoms with E-state index in [4.69, 9.17) is 0 Å². The lowest BCUT2D eigenvalue weighted by atomic mass is 9.71. The molecule has 1 aliphatic rings. The van der Waals surface area contributed by atoms with Gasteiger partial charge in [0.2, 0.25) is 0 Å². The molecule has 1 fully saturated rings. The Morgan fingerprint density at radius 1 is 1.25 bits per heavy atom. The van der Waals surface area contributed by atoms with Crippen molar-refractivity contribution in [2.75, 3.05) is 6.54 Å². The van der Waals surface area contributed by atoms with Crippen molar-refractivity contribution in [2.24, 2.45) is 17.8 Å². The van der Waals surface area contributed by atoms with Crippen LogP contribution < -0.4 is 5.32 Å². The third kappa shape index (κ3) is 4.59. The largest absolute Gasteiger partial charge is 0.314 e. The van der Waals surface area contributed by atoms with Gasteiger partial charge in [-0.15, -0.1) is 0 Å². The molecule has 1 aliphatic carbocycles. The number of aromatic nitrogens is 1. The maximum absolute atomic E-state index is 4.53. The first-order valence-electron chi connectivity index (χ1n) is 8.32. The zero-order valence-electron chi connectivity index (χ0n) is 13.3. The van der Waals surface area contributed by atoms with Gasteiger partial charge in [-0.25, -0.2) is 0 Å². The smallest absolute Gasteiger partial charge is 0.0406 e. The average molecular weight is 274 g/mol. The molecule has 0 amide bonds. The average Bonchev–Trinajstić information content (AvgIpc) is 2.46. The maximum Gasteiger partial charge on any atom is 0.0406 e. The van der Waals surface area contributed by atoms with Crippen LogP contribution in [-0.2, 0) is 6.42 Å². The maximum atomic E-state index is 4.53. The summed E-state index contributed by atoms with van der Waals surface area (Å²) < 4.78 is 0. The van der Waals surface area contributed by atoms with Crippen molar-refractivity contribution < 1.29 is 0 Å². The van der Waals surface area contributed by atoms with Crippen molar-refractivity contribution in [3.63, 3.8) is 0 Å². The number of nitrogens with zero attached hydrogens (tertiary/aromatic N) is 1. The van der Waals surface area contributed by atoms with Gasteiger partial charge in [0.25, 0.3) is 0 Å². The molecule has 0 radical (unpaired) electrons. The van der Waals surface area contributed by atoms with Crippen LogP contribution in [0.1, 0.15) is 52.1 Å². The highest BCUT2D eigenvalue weighted by Crippen LogP contribution is 2.36. The second kappa shape index (κ2) is 7.78. The van der Waals surface area contributed by atoms with Gasteiger partial charge in [0, 0.05) is 17.9 Å². The minimum absolute atomic E-state index is 0.592. The molecule has 3 atom stereocenters. The molecule has 20 heavy (non-hydrogen) atoms. The Morgan fingerprint density at radius 2 is 2.10 bits per heavy atom. The summed E-state index contributed by atoms with van der Waals surface area (Å²) in [4.78, 5) is 4.53. The van der Waals surface area contributed by atoms with Crippen LogP contribution in [0.2, 0.25) is 0 Å². The molecular formula is C18H30N2. The standard InChI is InChI=1S/C18H30N2/c1-4-15-8-9-16(13-20-14(2)3)17(11-15)12-18-7-5-6-10-19-18/h5-7,10,14-17,20H,4,8-9,11-13H2,1-3H3. The second-order valence-corrected chi connectivity index (χ2v) is 6.70. The molecule has 1 heterocycles. The first-order chi connectivity index (χ1) is 9.69. The summed E-state index contributed by atoms with van der Waals surface area (Å²) in [6.07, 6.45) is 8.61. The van der Waals surface area contributed by atoms with Crippen molar-refractivity contribution in [3.05, 3.63) is 30.1 Å². The SMILES string of the molecule is CCC1CCC(CNC(C)C)C(Cc2ccccn2)C1. The first-order valence-corrected chi connectivity index (χ1v) is 8.32. The minimum atomic E-state index is 0.592. The fraction of sp³-hybridized carbons (Fsp3) is 0.722. The lowest BCUT2D eigenvalue weighted by Gasteiger charge is -2.36. The van der Waals surface area contributed by atoms with Crippen molar-refractivity contribution >= 4 is 0 Å². The molecule has 0 spiro atoms. The van der Waals surface area contributed by atoms with Gasteiger partial charge in [-0.05, 0) is 55.7 Å². The first kappa shape index (κ1) is 15.5. The van der Waals surface area contributed by atoms with Gasteiger partial charge in [0.1, 0.15) is 0 Å². The molecular weight excluding hydrogens is 244 g/mol. The Hall–Kier alpha value is -0.890. The minimum Gasteiger partial charge on any atom is -0.314 e. The second-order valence-electron chi connectivity index (χ2n) is 6.70. The highest BCUT2D eigenvalue weighted by molar-refractivity contribution is 5.05. The summed E-state index contributed by atoms with van der Waals surface area (Å²) in [5.41, 5.74) is 1.27. The van der Waals surface area contributed by atoms with Crippen molar-refractivity contribution in [2.45, 2.75) is 58.9 Å². The van der Waals surface area contributed by atoms with Crippen molar-refractivity contribution in [1.29, 1.82) is 0 Å². The van der Waals surface area contributed by atoms with E-state index in [1.807, 2.05) is 12.3 Å². The van der Waals surface area contributed by atoms with E-state index >= 15 is 0 Å². The van der Waals surface area contributed by atoms with Crippen LogP contribution in [0.25, 0.3) is 0 Å². The molecule has 0 bridgehead atoms. The Morgan fingerprint density at radius 3 is 2.75 bits per heavy atom. The highest BCUT2D eigenvalue weighted by Gasteiger charge is 2.29. The summed E-state index contributed by atoms with van der Waals surface area (Å²) in [6.45, 7) is 8.00. The predicted molar refractivity (Wildman–Crippen MR) is 85.7 cm³/mol. The Labute approximate surface area is 124 Å². The Balaban J connectivity index is 1.98. The fourth-order valence-electron chi connectivity index (χ4n) is 3.49. The lowest BCUT2D eigenvalue weighted by molar-refractivity contribution is 0.168. The van der Waals surface area contributed by atoms with E-state index in [-0.39, 0.29) is 0 Å². The molecule has 112 valence electrons. The fourth-order valence-corrected chi connectivity index (χ4v) is 3.49. The molecule has 1 aromatic heterocycles. The molecule has 2 nitrogen and oxygen atoms in total. The Bertz CT molecular complexity index is 374. The number of pyridine rings is 1. The van der Waals surface area contributed by atoms with Crippen LogP contribution in [0.4, 0.5) is 0 Å². The summed E-state index contributed by atoms with van der Waals surface area (Å²) in [5.74, 6) is 2.55. The summed E-state index contributed by atoms with van der Waals surface area (Å²) in [6, 6.07) is 6.90. The molecule has 0 aliphatic heterocycles.